The minimum absolute atomic E-state index is 0.0545. The Bertz CT molecular complexity index is 1230. The number of nitrogens with zero attached hydrogens (tertiary/aromatic N) is 1. The Labute approximate surface area is 159 Å². The molecule has 0 aliphatic rings. The van der Waals surface area contributed by atoms with Crippen molar-refractivity contribution in [3.05, 3.63) is 64.5 Å². The number of carbonyl (C=O) groups excluding carboxylic acids is 1. The second-order valence-electron chi connectivity index (χ2n) is 5.73. The van der Waals surface area contributed by atoms with Crippen LogP contribution in [0.5, 0.6) is 5.75 Å². The number of sulfonamides is 1. The van der Waals surface area contributed by atoms with E-state index in [1.807, 2.05) is 4.83 Å². The molecule has 28 heavy (non-hydrogen) atoms. The predicted molar refractivity (Wildman–Crippen MR) is 103 cm³/mol. The summed E-state index contributed by atoms with van der Waals surface area (Å²) in [7, 11) is -3.98. The lowest BCUT2D eigenvalue weighted by Crippen LogP contribution is -2.18. The number of anilines is 1. The van der Waals surface area contributed by atoms with E-state index in [9.17, 15) is 23.1 Å². The lowest BCUT2D eigenvalue weighted by atomic mass is 10.1. The first-order valence-electron chi connectivity index (χ1n) is 7.94. The quantitative estimate of drug-likeness (QED) is 0.338. The molecule has 0 atom stereocenters. The van der Waals surface area contributed by atoms with Crippen LogP contribution < -0.4 is 15.8 Å². The van der Waals surface area contributed by atoms with Crippen LogP contribution in [-0.4, -0.2) is 25.6 Å². The standard InChI is InChI=1S/C18H15N3O6S/c1-11(22)20-13-4-6-14(7-5-13)28(25,26)21-19-10-15-16(23)8-2-12-3-9-17(24)27-18(12)15/h2-10,21,23H,1H3,(H,20,22)/b19-10+. The summed E-state index contributed by atoms with van der Waals surface area (Å²) in [6.07, 6.45) is 1.05. The highest BCUT2D eigenvalue weighted by atomic mass is 32.2. The molecular formula is C18H15N3O6S. The summed E-state index contributed by atoms with van der Waals surface area (Å²) >= 11 is 0. The van der Waals surface area contributed by atoms with Gasteiger partial charge in [0.15, 0.2) is 5.58 Å². The first-order chi connectivity index (χ1) is 13.3. The van der Waals surface area contributed by atoms with E-state index < -0.39 is 15.6 Å². The maximum atomic E-state index is 12.3. The number of nitrogens with one attached hydrogen (secondary N) is 2. The van der Waals surface area contributed by atoms with Crippen molar-refractivity contribution in [2.75, 3.05) is 5.32 Å². The number of hydrazone groups is 1. The maximum absolute atomic E-state index is 12.3. The van der Waals surface area contributed by atoms with Crippen LogP contribution in [0, 0.1) is 0 Å². The lowest BCUT2D eigenvalue weighted by molar-refractivity contribution is -0.114. The summed E-state index contributed by atoms with van der Waals surface area (Å²) in [5.74, 6) is -0.510. The van der Waals surface area contributed by atoms with Gasteiger partial charge in [-0.25, -0.2) is 9.63 Å². The van der Waals surface area contributed by atoms with Crippen LogP contribution in [0.15, 0.2) is 67.7 Å². The van der Waals surface area contributed by atoms with E-state index in [4.69, 9.17) is 4.42 Å². The highest BCUT2D eigenvalue weighted by Gasteiger charge is 2.13. The van der Waals surface area contributed by atoms with E-state index in [0.29, 0.717) is 11.1 Å². The molecule has 0 saturated carbocycles. The molecule has 10 heteroatoms. The number of rotatable bonds is 5. The molecule has 9 nitrogen and oxygen atoms in total. The molecule has 3 rings (SSSR count). The first kappa shape index (κ1) is 19.1. The average molecular weight is 401 g/mol. The van der Waals surface area contributed by atoms with Gasteiger partial charge in [0.1, 0.15) is 5.75 Å². The highest BCUT2D eigenvalue weighted by molar-refractivity contribution is 7.89. The van der Waals surface area contributed by atoms with Crippen molar-refractivity contribution in [3.63, 3.8) is 0 Å². The van der Waals surface area contributed by atoms with Gasteiger partial charge >= 0.3 is 5.63 Å². The second-order valence-corrected chi connectivity index (χ2v) is 7.39. The molecule has 1 heterocycles. The molecule has 0 bridgehead atoms. The fourth-order valence-electron chi connectivity index (χ4n) is 2.40. The SMILES string of the molecule is CC(=O)Nc1ccc(S(=O)(=O)N/N=C/c2c(O)ccc3ccc(=O)oc23)cc1. The molecule has 0 saturated heterocycles. The van der Waals surface area contributed by atoms with Crippen molar-refractivity contribution in [1.82, 2.24) is 4.83 Å². The van der Waals surface area contributed by atoms with E-state index in [-0.39, 0.29) is 27.7 Å². The van der Waals surface area contributed by atoms with Crippen LogP contribution in [0.4, 0.5) is 5.69 Å². The van der Waals surface area contributed by atoms with Gasteiger partial charge in [0.05, 0.1) is 16.7 Å². The molecule has 3 aromatic rings. The normalized spacial score (nSPS) is 11.6. The summed E-state index contributed by atoms with van der Waals surface area (Å²) in [5, 5.41) is 16.7. The Morgan fingerprint density at radius 2 is 1.79 bits per heavy atom. The third-order valence-corrected chi connectivity index (χ3v) is 4.90. The van der Waals surface area contributed by atoms with Crippen LogP contribution in [0.3, 0.4) is 0 Å². The van der Waals surface area contributed by atoms with E-state index >= 15 is 0 Å². The molecule has 0 aliphatic carbocycles. The van der Waals surface area contributed by atoms with Crippen molar-refractivity contribution >= 4 is 38.8 Å². The number of fused-ring (bicyclic) bond motifs is 1. The third-order valence-electron chi connectivity index (χ3n) is 3.66. The molecule has 1 amide bonds. The Morgan fingerprint density at radius 1 is 1.11 bits per heavy atom. The number of aromatic hydroxyl groups is 1. The number of amides is 1. The Kier molecular flexibility index (Phi) is 5.14. The monoisotopic (exact) mass is 401 g/mol. The fraction of sp³-hybridized carbons (Fsp3) is 0.0556. The predicted octanol–water partition coefficient (Wildman–Crippen LogP) is 1.77. The van der Waals surface area contributed by atoms with Gasteiger partial charge in [0.25, 0.3) is 10.0 Å². The summed E-state index contributed by atoms with van der Waals surface area (Å²) in [6.45, 7) is 1.34. The van der Waals surface area contributed by atoms with Crippen molar-refractivity contribution in [1.29, 1.82) is 0 Å². The molecule has 1 aromatic heterocycles. The Hall–Kier alpha value is -3.66. The van der Waals surface area contributed by atoms with E-state index in [0.717, 1.165) is 6.21 Å². The van der Waals surface area contributed by atoms with Crippen molar-refractivity contribution in [2.45, 2.75) is 11.8 Å². The number of benzene rings is 2. The zero-order chi connectivity index (χ0) is 20.3. The van der Waals surface area contributed by atoms with Gasteiger partial charge in [-0.3, -0.25) is 4.79 Å². The molecule has 0 radical (unpaired) electrons. The summed E-state index contributed by atoms with van der Waals surface area (Å²) in [5.41, 5.74) is -0.0349. The largest absolute Gasteiger partial charge is 0.507 e. The molecule has 3 N–H and O–H groups in total. The lowest BCUT2D eigenvalue weighted by Gasteiger charge is -2.06. The molecule has 0 unspecified atom stereocenters. The van der Waals surface area contributed by atoms with E-state index in [1.165, 1.54) is 49.4 Å². The highest BCUT2D eigenvalue weighted by Crippen LogP contribution is 2.24. The molecule has 2 aromatic carbocycles. The van der Waals surface area contributed by atoms with Crippen LogP contribution in [0.2, 0.25) is 0 Å². The summed E-state index contributed by atoms with van der Waals surface area (Å²) < 4.78 is 29.7. The average Bonchev–Trinajstić information content (AvgIpc) is 2.63. The summed E-state index contributed by atoms with van der Waals surface area (Å²) in [6, 6.07) is 11.1. The van der Waals surface area contributed by atoms with E-state index in [1.54, 1.807) is 6.07 Å². The van der Waals surface area contributed by atoms with Crippen molar-refractivity contribution in [3.8, 4) is 5.75 Å². The molecular weight excluding hydrogens is 386 g/mol. The summed E-state index contributed by atoms with van der Waals surface area (Å²) in [4.78, 5) is 24.4. The van der Waals surface area contributed by atoms with E-state index in [2.05, 4.69) is 10.4 Å². The van der Waals surface area contributed by atoms with Gasteiger partial charge in [-0.05, 0) is 42.5 Å². The minimum Gasteiger partial charge on any atom is -0.507 e. The number of hydrogen-bond donors (Lipinski definition) is 3. The Morgan fingerprint density at radius 3 is 2.46 bits per heavy atom. The first-order valence-corrected chi connectivity index (χ1v) is 9.43. The molecule has 0 spiro atoms. The van der Waals surface area contributed by atoms with Crippen LogP contribution in [0.1, 0.15) is 12.5 Å². The van der Waals surface area contributed by atoms with Gasteiger partial charge in [0.2, 0.25) is 5.91 Å². The smallest absolute Gasteiger partial charge is 0.336 e. The van der Waals surface area contributed by atoms with Gasteiger partial charge in [0, 0.05) is 24.1 Å². The molecule has 0 aliphatic heterocycles. The van der Waals surface area contributed by atoms with Crippen LogP contribution in [-0.2, 0) is 14.8 Å². The molecule has 0 fully saturated rings. The number of hydrogen-bond acceptors (Lipinski definition) is 7. The zero-order valence-corrected chi connectivity index (χ0v) is 15.4. The van der Waals surface area contributed by atoms with Gasteiger partial charge < -0.3 is 14.8 Å². The fourth-order valence-corrected chi connectivity index (χ4v) is 3.19. The number of phenolic OH excluding ortho intramolecular Hbond substituents is 1. The van der Waals surface area contributed by atoms with Gasteiger partial charge in [-0.15, -0.1) is 0 Å². The zero-order valence-electron chi connectivity index (χ0n) is 14.5. The van der Waals surface area contributed by atoms with Crippen LogP contribution in [0.25, 0.3) is 11.0 Å². The van der Waals surface area contributed by atoms with Crippen LogP contribution >= 0.6 is 0 Å². The van der Waals surface area contributed by atoms with Gasteiger partial charge in [-0.2, -0.15) is 13.5 Å². The van der Waals surface area contributed by atoms with Crippen molar-refractivity contribution in [2.24, 2.45) is 5.10 Å². The minimum atomic E-state index is -3.98. The number of carbonyl (C=O) groups is 1. The second kappa shape index (κ2) is 7.53. The maximum Gasteiger partial charge on any atom is 0.336 e. The number of phenols is 1. The van der Waals surface area contributed by atoms with Crippen molar-refractivity contribution < 1.29 is 22.7 Å². The Balaban J connectivity index is 1.85. The third kappa shape index (κ3) is 4.18. The van der Waals surface area contributed by atoms with Gasteiger partial charge in [-0.1, -0.05) is 0 Å². The molecule has 144 valence electrons. The topological polar surface area (TPSA) is 138 Å².